The number of rotatable bonds is 3. The number of hydrogen-bond acceptors (Lipinski definition) is 4. The van der Waals surface area contributed by atoms with Crippen LogP contribution in [0.5, 0.6) is 11.5 Å². The smallest absolute Gasteiger partial charge is 0.174 e. The van der Waals surface area contributed by atoms with E-state index in [1.807, 2.05) is 0 Å². The average molecular weight is 404 g/mol. The van der Waals surface area contributed by atoms with Crippen LogP contribution in [0.2, 0.25) is 0 Å². The first-order valence-corrected chi connectivity index (χ1v) is 10.9. The third kappa shape index (κ3) is 2.19. The summed E-state index contributed by atoms with van der Waals surface area (Å²) in [6.45, 7) is 4.54. The van der Waals surface area contributed by atoms with Crippen LogP contribution in [0.1, 0.15) is 56.6 Å². The molecule has 5 heteroatoms. The summed E-state index contributed by atoms with van der Waals surface area (Å²) in [5.74, 6) is 2.89. The van der Waals surface area contributed by atoms with E-state index < -0.39 is 0 Å². The van der Waals surface area contributed by atoms with E-state index in [4.69, 9.17) is 4.74 Å². The molecule has 1 aromatic carbocycles. The van der Waals surface area contributed by atoms with Gasteiger partial charge >= 0.3 is 0 Å². The second kappa shape index (κ2) is 6.37. The number of carbonyl (C=O) groups excluding carboxylic acids is 1. The quantitative estimate of drug-likeness (QED) is 0.832. The zero-order valence-corrected chi connectivity index (χ0v) is 17.3. The van der Waals surface area contributed by atoms with Gasteiger partial charge in [0.25, 0.3) is 0 Å². The van der Waals surface area contributed by atoms with Crippen LogP contribution < -0.4 is 4.74 Å². The van der Waals surface area contributed by atoms with E-state index in [2.05, 4.69) is 17.9 Å². The molecule has 1 aromatic rings. The molecule has 5 atom stereocenters. The molecule has 5 aliphatic rings. The Morgan fingerprint density at radius 3 is 2.82 bits per heavy atom. The number of ether oxygens (including phenoxy) is 1. The first-order chi connectivity index (χ1) is 13.1. The summed E-state index contributed by atoms with van der Waals surface area (Å²) < 4.78 is 6.25. The molecule has 1 saturated heterocycles. The molecule has 3 aliphatic carbocycles. The number of aromatic hydroxyl groups is 1. The number of hydrogen-bond donors (Lipinski definition) is 1. The lowest BCUT2D eigenvalue weighted by atomic mass is 9.48. The highest BCUT2D eigenvalue weighted by atomic mass is 35.5. The van der Waals surface area contributed by atoms with Gasteiger partial charge in [-0.05, 0) is 61.6 Å². The van der Waals surface area contributed by atoms with E-state index in [-0.39, 0.29) is 35.5 Å². The topological polar surface area (TPSA) is 49.8 Å². The van der Waals surface area contributed by atoms with E-state index in [1.165, 1.54) is 36.9 Å². The van der Waals surface area contributed by atoms with Crippen LogP contribution in [0.4, 0.5) is 0 Å². The van der Waals surface area contributed by atoms with Gasteiger partial charge in [-0.1, -0.05) is 25.8 Å². The predicted molar refractivity (Wildman–Crippen MR) is 109 cm³/mol. The summed E-state index contributed by atoms with van der Waals surface area (Å²) in [6.07, 6.45) is 7.53. The molecule has 0 radical (unpaired) electrons. The second-order valence-corrected chi connectivity index (χ2v) is 9.66. The third-order valence-corrected chi connectivity index (χ3v) is 8.62. The van der Waals surface area contributed by atoms with Gasteiger partial charge in [-0.3, -0.25) is 9.69 Å². The van der Waals surface area contributed by atoms with Crippen molar-refractivity contribution in [2.45, 2.75) is 69.4 Å². The monoisotopic (exact) mass is 403 g/mol. The first kappa shape index (κ1) is 18.7. The molecular formula is C23H30ClNO3. The number of Topliss-reactive ketones (excluding diaryl/α,β-unsaturated/α-hetero) is 1. The Morgan fingerprint density at radius 1 is 1.29 bits per heavy atom. The predicted octanol–water partition coefficient (Wildman–Crippen LogP) is 3.86. The Kier molecular flexibility index (Phi) is 4.26. The molecule has 2 bridgehead atoms. The number of phenols is 1. The highest BCUT2D eigenvalue weighted by Crippen LogP contribution is 2.64. The molecule has 4 nitrogen and oxygen atoms in total. The van der Waals surface area contributed by atoms with Crippen molar-refractivity contribution in [1.29, 1.82) is 0 Å². The van der Waals surface area contributed by atoms with Gasteiger partial charge in [-0.2, -0.15) is 0 Å². The average Bonchev–Trinajstić information content (AvgIpc) is 2.98. The van der Waals surface area contributed by atoms with Gasteiger partial charge < -0.3 is 9.84 Å². The molecule has 1 N–H and O–H groups in total. The van der Waals surface area contributed by atoms with Crippen LogP contribution in [-0.4, -0.2) is 41.0 Å². The van der Waals surface area contributed by atoms with Crippen molar-refractivity contribution in [3.63, 3.8) is 0 Å². The molecule has 3 fully saturated rings. The summed E-state index contributed by atoms with van der Waals surface area (Å²) in [5.41, 5.74) is 2.32. The molecular weight excluding hydrogens is 374 g/mol. The molecule has 0 aromatic heterocycles. The van der Waals surface area contributed by atoms with E-state index in [0.29, 0.717) is 30.0 Å². The zero-order chi connectivity index (χ0) is 18.3. The van der Waals surface area contributed by atoms with Crippen LogP contribution in [-0.2, 0) is 16.6 Å². The standard InChI is InChI=1S/C23H29NO3.ClH/c1-2-14-11-18(26)22-23-8-9-24(12-13-4-3-5-13)16(19(14)23)10-15-6-7-17(25)21(27-22)20(15)23;/h6-7,13-14,16,19,22,25H,2-5,8-12H2,1H3;1H/t14-,16+,19-,22+,23-;/m0./s1. The molecule has 2 aliphatic heterocycles. The molecule has 1 spiro atoms. The maximum atomic E-state index is 13.1. The maximum absolute atomic E-state index is 13.1. The Bertz CT molecular complexity index is 822. The molecule has 0 amide bonds. The highest BCUT2D eigenvalue weighted by molar-refractivity contribution is 5.89. The van der Waals surface area contributed by atoms with Crippen LogP contribution >= 0.6 is 12.4 Å². The van der Waals surface area contributed by atoms with Crippen molar-refractivity contribution in [1.82, 2.24) is 4.90 Å². The van der Waals surface area contributed by atoms with Crippen LogP contribution in [0, 0.1) is 17.8 Å². The van der Waals surface area contributed by atoms with Crippen molar-refractivity contribution in [2.24, 2.45) is 17.8 Å². The van der Waals surface area contributed by atoms with Gasteiger partial charge in [0.1, 0.15) is 0 Å². The fraction of sp³-hybridized carbons (Fsp3) is 0.696. The fourth-order valence-corrected chi connectivity index (χ4v) is 7.29. The van der Waals surface area contributed by atoms with Crippen LogP contribution in [0.15, 0.2) is 12.1 Å². The van der Waals surface area contributed by atoms with E-state index in [1.54, 1.807) is 6.07 Å². The first-order valence-electron chi connectivity index (χ1n) is 10.9. The number of carbonyl (C=O) groups is 1. The zero-order valence-electron chi connectivity index (χ0n) is 16.5. The molecule has 2 saturated carbocycles. The fourth-order valence-electron chi connectivity index (χ4n) is 7.29. The second-order valence-electron chi connectivity index (χ2n) is 9.66. The minimum absolute atomic E-state index is 0. The molecule has 28 heavy (non-hydrogen) atoms. The highest BCUT2D eigenvalue weighted by Gasteiger charge is 2.67. The van der Waals surface area contributed by atoms with Gasteiger partial charge in [-0.15, -0.1) is 12.4 Å². The summed E-state index contributed by atoms with van der Waals surface area (Å²) >= 11 is 0. The molecule has 2 heterocycles. The van der Waals surface area contributed by atoms with Crippen molar-refractivity contribution >= 4 is 18.2 Å². The Balaban J connectivity index is 0.00000171. The molecule has 152 valence electrons. The molecule has 6 rings (SSSR count). The van der Waals surface area contributed by atoms with Gasteiger partial charge in [0.15, 0.2) is 23.4 Å². The number of piperidine rings is 1. The lowest BCUT2D eigenvalue weighted by Gasteiger charge is -2.60. The van der Waals surface area contributed by atoms with E-state index in [9.17, 15) is 9.90 Å². The number of ketones is 1. The minimum atomic E-state index is -0.374. The Morgan fingerprint density at radius 2 is 2.11 bits per heavy atom. The number of benzene rings is 1. The Labute approximate surface area is 173 Å². The lowest BCUT2D eigenvalue weighted by molar-refractivity contribution is -0.145. The normalized spacial score (nSPS) is 38.2. The van der Waals surface area contributed by atoms with Gasteiger partial charge in [0.2, 0.25) is 0 Å². The molecule has 0 unspecified atom stereocenters. The largest absolute Gasteiger partial charge is 0.504 e. The SMILES string of the molecule is CC[C@H]1CC(=O)[C@H]2Oc3c(O)ccc4c3[C@@]23CCN(CC2CCC2)[C@H](C4)[C@H]13.Cl. The van der Waals surface area contributed by atoms with Crippen molar-refractivity contribution in [3.8, 4) is 11.5 Å². The van der Waals surface area contributed by atoms with Crippen molar-refractivity contribution in [2.75, 3.05) is 13.1 Å². The minimum Gasteiger partial charge on any atom is -0.504 e. The van der Waals surface area contributed by atoms with E-state index >= 15 is 0 Å². The number of likely N-dealkylation sites (tertiary alicyclic amines) is 1. The third-order valence-electron chi connectivity index (χ3n) is 8.62. The lowest BCUT2D eigenvalue weighted by Crippen LogP contribution is -2.68. The summed E-state index contributed by atoms with van der Waals surface area (Å²) in [6, 6.07) is 4.39. The summed E-state index contributed by atoms with van der Waals surface area (Å²) in [4.78, 5) is 15.9. The number of nitrogens with zero attached hydrogens (tertiary/aromatic N) is 1. The van der Waals surface area contributed by atoms with Crippen LogP contribution in [0.25, 0.3) is 0 Å². The van der Waals surface area contributed by atoms with E-state index in [0.717, 1.165) is 31.7 Å². The van der Waals surface area contributed by atoms with Crippen molar-refractivity contribution in [3.05, 3.63) is 23.3 Å². The van der Waals surface area contributed by atoms with Gasteiger partial charge in [-0.25, -0.2) is 0 Å². The van der Waals surface area contributed by atoms with Gasteiger partial charge in [0, 0.05) is 30.0 Å². The van der Waals surface area contributed by atoms with Crippen molar-refractivity contribution < 1.29 is 14.6 Å². The van der Waals surface area contributed by atoms with Gasteiger partial charge in [0.05, 0.1) is 0 Å². The van der Waals surface area contributed by atoms with Crippen LogP contribution in [0.3, 0.4) is 0 Å². The number of halogens is 1. The number of phenolic OH excluding ortho intramolecular Hbond substituents is 1. The maximum Gasteiger partial charge on any atom is 0.174 e. The summed E-state index contributed by atoms with van der Waals surface area (Å²) in [5, 5.41) is 10.5. The summed E-state index contributed by atoms with van der Waals surface area (Å²) in [7, 11) is 0. The Hall–Kier alpha value is -1.26.